The number of thiol groups is 1. The summed E-state index contributed by atoms with van der Waals surface area (Å²) in [4.78, 5) is 13.9. The van der Waals surface area contributed by atoms with E-state index < -0.39 is 0 Å². The van der Waals surface area contributed by atoms with Crippen molar-refractivity contribution < 1.29 is 4.79 Å². The van der Waals surface area contributed by atoms with Crippen LogP contribution in [0.25, 0.3) is 0 Å². The molecule has 1 saturated heterocycles. The van der Waals surface area contributed by atoms with Gasteiger partial charge in [0.05, 0.1) is 0 Å². The van der Waals surface area contributed by atoms with Crippen molar-refractivity contribution in [2.24, 2.45) is 11.8 Å². The van der Waals surface area contributed by atoms with Crippen LogP contribution in [0.1, 0.15) is 39.5 Å². The minimum atomic E-state index is 0.347. The molecule has 1 rings (SSSR count). The minimum Gasteiger partial charge on any atom is -0.342 e. The first kappa shape index (κ1) is 12.9. The first-order chi connectivity index (χ1) is 7.17. The summed E-state index contributed by atoms with van der Waals surface area (Å²) in [5.74, 6) is 2.50. The lowest BCUT2D eigenvalue weighted by atomic mass is 10.0. The van der Waals surface area contributed by atoms with Crippen LogP contribution in [0, 0.1) is 11.8 Å². The molecule has 88 valence electrons. The number of carbonyl (C=O) groups excluding carboxylic acids is 1. The Labute approximate surface area is 98.8 Å². The highest BCUT2D eigenvalue weighted by atomic mass is 32.1. The molecule has 1 aliphatic heterocycles. The van der Waals surface area contributed by atoms with Crippen LogP contribution in [0.4, 0.5) is 0 Å². The predicted octanol–water partition coefficient (Wildman–Crippen LogP) is 2.59. The molecule has 2 nitrogen and oxygen atoms in total. The van der Waals surface area contributed by atoms with Gasteiger partial charge in [-0.1, -0.05) is 20.3 Å². The van der Waals surface area contributed by atoms with Gasteiger partial charge in [0.2, 0.25) is 5.91 Å². The summed E-state index contributed by atoms with van der Waals surface area (Å²) in [7, 11) is 0. The first-order valence-electron chi connectivity index (χ1n) is 6.06. The lowest BCUT2D eigenvalue weighted by Gasteiger charge is -2.25. The fourth-order valence-electron chi connectivity index (χ4n) is 1.99. The fraction of sp³-hybridized carbons (Fsp3) is 0.917. The zero-order valence-corrected chi connectivity index (χ0v) is 10.8. The van der Waals surface area contributed by atoms with Crippen molar-refractivity contribution in [1.82, 2.24) is 4.90 Å². The predicted molar refractivity (Wildman–Crippen MR) is 67.2 cm³/mol. The van der Waals surface area contributed by atoms with Gasteiger partial charge in [-0.3, -0.25) is 4.79 Å². The van der Waals surface area contributed by atoms with Crippen LogP contribution < -0.4 is 0 Å². The number of hydrogen-bond acceptors (Lipinski definition) is 2. The van der Waals surface area contributed by atoms with Crippen LogP contribution in [0.2, 0.25) is 0 Å². The normalized spacial score (nSPS) is 25.1. The third kappa shape index (κ3) is 4.06. The summed E-state index contributed by atoms with van der Waals surface area (Å²) in [6.07, 6.45) is 4.08. The Hall–Kier alpha value is -0.180. The Kier molecular flexibility index (Phi) is 5.51. The van der Waals surface area contributed by atoms with Gasteiger partial charge in [-0.15, -0.1) is 0 Å². The molecule has 0 aromatic rings. The molecule has 0 aliphatic carbocycles. The van der Waals surface area contributed by atoms with Crippen molar-refractivity contribution in [3.05, 3.63) is 0 Å². The molecule has 1 heterocycles. The SMILES string of the molecule is CCC(CS)CN1CCC(C)CCC1=O. The van der Waals surface area contributed by atoms with Gasteiger partial charge in [-0.25, -0.2) is 0 Å². The van der Waals surface area contributed by atoms with Crippen LogP contribution in [-0.2, 0) is 4.79 Å². The molecule has 15 heavy (non-hydrogen) atoms. The molecule has 2 atom stereocenters. The Bertz CT molecular complexity index is 204. The standard InChI is InChI=1S/C12H23NOS/c1-3-11(9-15)8-13-7-6-10(2)4-5-12(13)14/h10-11,15H,3-9H2,1-2H3. The van der Waals surface area contributed by atoms with Crippen LogP contribution in [0.15, 0.2) is 0 Å². The summed E-state index contributed by atoms with van der Waals surface area (Å²) >= 11 is 4.33. The zero-order valence-electron chi connectivity index (χ0n) is 9.91. The quantitative estimate of drug-likeness (QED) is 0.735. The number of rotatable bonds is 4. The third-order valence-corrected chi connectivity index (χ3v) is 3.93. The third-order valence-electron chi connectivity index (χ3n) is 3.41. The van der Waals surface area contributed by atoms with E-state index in [9.17, 15) is 4.79 Å². The van der Waals surface area contributed by atoms with E-state index >= 15 is 0 Å². The summed E-state index contributed by atoms with van der Waals surface area (Å²) in [6.45, 7) is 6.27. The maximum absolute atomic E-state index is 11.8. The van der Waals surface area contributed by atoms with Gasteiger partial charge < -0.3 is 4.90 Å². The van der Waals surface area contributed by atoms with Gasteiger partial charge >= 0.3 is 0 Å². The number of nitrogens with zero attached hydrogens (tertiary/aromatic N) is 1. The molecule has 1 fully saturated rings. The Balaban J connectivity index is 2.48. The van der Waals surface area contributed by atoms with Crippen LogP contribution in [0.5, 0.6) is 0 Å². The van der Waals surface area contributed by atoms with Crippen molar-refractivity contribution in [2.45, 2.75) is 39.5 Å². The number of likely N-dealkylation sites (tertiary alicyclic amines) is 1. The lowest BCUT2D eigenvalue weighted by Crippen LogP contribution is -2.35. The Morgan fingerprint density at radius 3 is 2.87 bits per heavy atom. The van der Waals surface area contributed by atoms with Crippen LogP contribution in [0.3, 0.4) is 0 Å². The van der Waals surface area contributed by atoms with E-state index in [1.807, 2.05) is 4.90 Å². The van der Waals surface area contributed by atoms with E-state index in [2.05, 4.69) is 26.5 Å². The molecule has 0 N–H and O–H groups in total. The van der Waals surface area contributed by atoms with E-state index in [0.29, 0.717) is 17.7 Å². The molecule has 0 aromatic carbocycles. The van der Waals surface area contributed by atoms with Crippen molar-refractivity contribution in [1.29, 1.82) is 0 Å². The highest BCUT2D eigenvalue weighted by molar-refractivity contribution is 7.80. The molecular formula is C12H23NOS. The molecule has 0 spiro atoms. The summed E-state index contributed by atoms with van der Waals surface area (Å²) < 4.78 is 0. The lowest BCUT2D eigenvalue weighted by molar-refractivity contribution is -0.131. The van der Waals surface area contributed by atoms with Crippen LogP contribution >= 0.6 is 12.6 Å². The zero-order chi connectivity index (χ0) is 11.3. The summed E-state index contributed by atoms with van der Waals surface area (Å²) in [5, 5.41) is 0. The highest BCUT2D eigenvalue weighted by Gasteiger charge is 2.21. The van der Waals surface area contributed by atoms with Gasteiger partial charge in [-0.2, -0.15) is 12.6 Å². The second-order valence-corrected chi connectivity index (χ2v) is 5.09. The van der Waals surface area contributed by atoms with Crippen molar-refractivity contribution in [3.8, 4) is 0 Å². The largest absolute Gasteiger partial charge is 0.342 e. The number of hydrogen-bond donors (Lipinski definition) is 1. The second-order valence-electron chi connectivity index (χ2n) is 4.73. The number of carbonyl (C=O) groups is 1. The van der Waals surface area contributed by atoms with Gasteiger partial charge in [-0.05, 0) is 30.4 Å². The monoisotopic (exact) mass is 229 g/mol. The minimum absolute atomic E-state index is 0.347. The Morgan fingerprint density at radius 2 is 2.27 bits per heavy atom. The molecule has 1 amide bonds. The summed E-state index contributed by atoms with van der Waals surface area (Å²) in [6, 6.07) is 0. The van der Waals surface area contributed by atoms with Gasteiger partial charge in [0.25, 0.3) is 0 Å². The topological polar surface area (TPSA) is 20.3 Å². The van der Waals surface area contributed by atoms with Gasteiger partial charge in [0.15, 0.2) is 0 Å². The molecule has 0 radical (unpaired) electrons. The average molecular weight is 229 g/mol. The van der Waals surface area contributed by atoms with E-state index in [4.69, 9.17) is 0 Å². The molecule has 2 unspecified atom stereocenters. The molecular weight excluding hydrogens is 206 g/mol. The molecule has 0 saturated carbocycles. The molecule has 3 heteroatoms. The van der Waals surface area contributed by atoms with Gasteiger partial charge in [0.1, 0.15) is 0 Å². The maximum Gasteiger partial charge on any atom is 0.222 e. The van der Waals surface area contributed by atoms with E-state index in [1.165, 1.54) is 0 Å². The van der Waals surface area contributed by atoms with Crippen molar-refractivity contribution >= 4 is 18.5 Å². The average Bonchev–Trinajstić information content (AvgIpc) is 2.40. The maximum atomic E-state index is 11.8. The Morgan fingerprint density at radius 1 is 1.53 bits per heavy atom. The van der Waals surface area contributed by atoms with E-state index in [0.717, 1.165) is 44.5 Å². The van der Waals surface area contributed by atoms with Crippen molar-refractivity contribution in [2.75, 3.05) is 18.8 Å². The van der Waals surface area contributed by atoms with Crippen LogP contribution in [-0.4, -0.2) is 29.6 Å². The number of amides is 1. The van der Waals surface area contributed by atoms with E-state index in [1.54, 1.807) is 0 Å². The molecule has 0 bridgehead atoms. The molecule has 1 aliphatic rings. The van der Waals surface area contributed by atoms with E-state index in [-0.39, 0.29) is 0 Å². The molecule has 0 aromatic heterocycles. The first-order valence-corrected chi connectivity index (χ1v) is 6.69. The fourth-order valence-corrected chi connectivity index (χ4v) is 2.37. The highest BCUT2D eigenvalue weighted by Crippen LogP contribution is 2.19. The smallest absolute Gasteiger partial charge is 0.222 e. The summed E-state index contributed by atoms with van der Waals surface area (Å²) in [5.41, 5.74) is 0. The van der Waals surface area contributed by atoms with Gasteiger partial charge in [0, 0.05) is 19.5 Å². The van der Waals surface area contributed by atoms with Crippen molar-refractivity contribution in [3.63, 3.8) is 0 Å². The second kappa shape index (κ2) is 6.41.